The Labute approximate surface area is 63.4 Å². The lowest BCUT2D eigenvalue weighted by atomic mass is 10.2. The summed E-state index contributed by atoms with van der Waals surface area (Å²) in [5.74, 6) is 1.08. The second kappa shape index (κ2) is 1.97. The van der Waals surface area contributed by atoms with E-state index in [0.29, 0.717) is 0 Å². The topological polar surface area (TPSA) is 3.24 Å². The van der Waals surface area contributed by atoms with Crippen molar-refractivity contribution in [3.63, 3.8) is 0 Å². The minimum absolute atomic E-state index is 0.771. The van der Waals surface area contributed by atoms with Crippen LogP contribution in [0.25, 0.3) is 0 Å². The van der Waals surface area contributed by atoms with Crippen LogP contribution in [-0.4, -0.2) is 23.0 Å². The molecule has 2 fully saturated rings. The number of piperidine rings is 1. The van der Waals surface area contributed by atoms with Crippen molar-refractivity contribution >= 4 is 0 Å². The number of nitrogens with zero attached hydrogens (tertiary/aromatic N) is 1. The molecule has 2 rings (SSSR count). The molecule has 10 heavy (non-hydrogen) atoms. The van der Waals surface area contributed by atoms with Crippen molar-refractivity contribution in [3.8, 4) is 0 Å². The zero-order valence-electron chi connectivity index (χ0n) is 7.17. The highest BCUT2D eigenvalue weighted by molar-refractivity contribution is 5.05. The number of rotatable bonds is 1. The fraction of sp³-hybridized carbons (Fsp3) is 1.00. The Morgan fingerprint density at radius 3 is 2.30 bits per heavy atom. The predicted molar refractivity (Wildman–Crippen MR) is 42.9 cm³/mol. The van der Waals surface area contributed by atoms with E-state index in [1.165, 1.54) is 12.8 Å². The van der Waals surface area contributed by atoms with Crippen LogP contribution in [0.2, 0.25) is 0 Å². The molecule has 1 aliphatic carbocycles. The molecule has 0 N–H and O–H groups in total. The Kier molecular flexibility index (Phi) is 1.31. The average Bonchev–Trinajstić information content (AvgIpc) is 2.42. The van der Waals surface area contributed by atoms with Gasteiger partial charge in [-0.2, -0.15) is 0 Å². The molecule has 0 bridgehead atoms. The summed E-state index contributed by atoms with van der Waals surface area (Å²) in [6.45, 7) is 7.00. The van der Waals surface area contributed by atoms with Crippen LogP contribution < -0.4 is 0 Å². The van der Waals surface area contributed by atoms with Gasteiger partial charge in [0.25, 0.3) is 0 Å². The van der Waals surface area contributed by atoms with Gasteiger partial charge in [-0.05, 0) is 39.5 Å². The molecule has 0 radical (unpaired) electrons. The zero-order valence-corrected chi connectivity index (χ0v) is 7.17. The first-order valence-electron chi connectivity index (χ1n) is 4.47. The van der Waals surface area contributed by atoms with Gasteiger partial charge in [-0.1, -0.05) is 0 Å². The van der Waals surface area contributed by atoms with Crippen LogP contribution in [0.5, 0.6) is 0 Å². The Balaban J connectivity index is 2.05. The third-order valence-electron chi connectivity index (χ3n) is 3.02. The lowest BCUT2D eigenvalue weighted by Crippen LogP contribution is -2.36. The zero-order chi connectivity index (χ0) is 7.30. The van der Waals surface area contributed by atoms with Crippen LogP contribution in [0, 0.1) is 5.92 Å². The van der Waals surface area contributed by atoms with Crippen LogP contribution in [-0.2, 0) is 0 Å². The molecule has 1 aliphatic heterocycles. The highest BCUT2D eigenvalue weighted by Gasteiger charge is 2.50. The summed E-state index contributed by atoms with van der Waals surface area (Å²) < 4.78 is 0. The van der Waals surface area contributed by atoms with Crippen LogP contribution in [0.3, 0.4) is 0 Å². The maximum atomic E-state index is 2.69. The Morgan fingerprint density at radius 2 is 2.00 bits per heavy atom. The molecule has 0 aromatic rings. The number of hydrogen-bond donors (Lipinski definition) is 0. The molecule has 3 unspecified atom stereocenters. The smallest absolute Gasteiger partial charge is 0.0133 e. The third-order valence-corrected chi connectivity index (χ3v) is 3.02. The molecule has 1 saturated heterocycles. The fourth-order valence-corrected chi connectivity index (χ4v) is 2.63. The summed E-state index contributed by atoms with van der Waals surface area (Å²) >= 11 is 0. The van der Waals surface area contributed by atoms with Gasteiger partial charge in [0.1, 0.15) is 0 Å². The van der Waals surface area contributed by atoms with Crippen LogP contribution in [0.1, 0.15) is 33.6 Å². The van der Waals surface area contributed by atoms with E-state index < -0.39 is 0 Å². The predicted octanol–water partition coefficient (Wildman–Crippen LogP) is 1.88. The van der Waals surface area contributed by atoms with Crippen molar-refractivity contribution in [2.45, 2.75) is 51.7 Å². The molecule has 1 nitrogen and oxygen atoms in total. The van der Waals surface area contributed by atoms with Crippen molar-refractivity contribution < 1.29 is 0 Å². The molecule has 0 spiro atoms. The van der Waals surface area contributed by atoms with Gasteiger partial charge in [-0.25, -0.2) is 0 Å². The Hall–Kier alpha value is -0.0400. The summed E-state index contributed by atoms with van der Waals surface area (Å²) in [5.41, 5.74) is 0. The third kappa shape index (κ3) is 0.800. The first-order chi connectivity index (χ1) is 4.70. The molecule has 0 aromatic heterocycles. The SMILES string of the molecule is CC(C)N1C(C)CC2CC21. The molecule has 1 saturated carbocycles. The van der Waals surface area contributed by atoms with Crippen molar-refractivity contribution in [1.29, 1.82) is 0 Å². The van der Waals surface area contributed by atoms with Crippen molar-refractivity contribution in [3.05, 3.63) is 0 Å². The largest absolute Gasteiger partial charge is 0.295 e. The van der Waals surface area contributed by atoms with Crippen LogP contribution in [0.4, 0.5) is 0 Å². The molecule has 0 amide bonds. The number of fused-ring (bicyclic) bond motifs is 1. The van der Waals surface area contributed by atoms with Crippen molar-refractivity contribution in [2.24, 2.45) is 5.92 Å². The summed E-state index contributed by atoms with van der Waals surface area (Å²) in [7, 11) is 0. The Bertz CT molecular complexity index is 140. The normalized spacial score (nSPS) is 46.2. The number of hydrogen-bond acceptors (Lipinski definition) is 1. The summed E-state index contributed by atoms with van der Waals surface area (Å²) in [6.07, 6.45) is 2.95. The van der Waals surface area contributed by atoms with Gasteiger partial charge in [0.15, 0.2) is 0 Å². The minimum atomic E-state index is 0.771. The number of likely N-dealkylation sites (tertiary alicyclic amines) is 1. The van der Waals surface area contributed by atoms with E-state index in [2.05, 4.69) is 25.7 Å². The highest BCUT2D eigenvalue weighted by Crippen LogP contribution is 2.48. The maximum absolute atomic E-state index is 2.69. The van der Waals surface area contributed by atoms with E-state index in [1.807, 2.05) is 0 Å². The summed E-state index contributed by atoms with van der Waals surface area (Å²) in [5, 5.41) is 0. The summed E-state index contributed by atoms with van der Waals surface area (Å²) in [4.78, 5) is 2.69. The van der Waals surface area contributed by atoms with Crippen LogP contribution in [0.15, 0.2) is 0 Å². The van der Waals surface area contributed by atoms with E-state index in [0.717, 1.165) is 24.0 Å². The van der Waals surface area contributed by atoms with Gasteiger partial charge >= 0.3 is 0 Å². The fourth-order valence-electron chi connectivity index (χ4n) is 2.63. The van der Waals surface area contributed by atoms with Gasteiger partial charge in [0.2, 0.25) is 0 Å². The minimum Gasteiger partial charge on any atom is -0.295 e. The van der Waals surface area contributed by atoms with E-state index in [1.54, 1.807) is 0 Å². The highest BCUT2D eigenvalue weighted by atomic mass is 15.3. The maximum Gasteiger partial charge on any atom is 0.0133 e. The quantitative estimate of drug-likeness (QED) is 0.536. The molecular formula is C9H17N. The summed E-state index contributed by atoms with van der Waals surface area (Å²) in [6, 6.07) is 2.62. The van der Waals surface area contributed by atoms with Crippen molar-refractivity contribution in [1.82, 2.24) is 4.90 Å². The molecule has 0 aromatic carbocycles. The van der Waals surface area contributed by atoms with E-state index in [9.17, 15) is 0 Å². The Morgan fingerprint density at radius 1 is 1.30 bits per heavy atom. The van der Waals surface area contributed by atoms with E-state index in [-0.39, 0.29) is 0 Å². The van der Waals surface area contributed by atoms with Crippen molar-refractivity contribution in [2.75, 3.05) is 0 Å². The lowest BCUT2D eigenvalue weighted by Gasteiger charge is -2.28. The standard InChI is InChI=1S/C9H17N/c1-6(2)10-7(3)4-8-5-9(8)10/h6-9H,4-5H2,1-3H3. The molecule has 58 valence electrons. The average molecular weight is 139 g/mol. The second-order valence-electron chi connectivity index (χ2n) is 4.19. The van der Waals surface area contributed by atoms with E-state index >= 15 is 0 Å². The van der Waals surface area contributed by atoms with Gasteiger partial charge in [-0.3, -0.25) is 4.90 Å². The van der Waals surface area contributed by atoms with Gasteiger partial charge < -0.3 is 0 Å². The molecule has 1 heteroatoms. The first-order valence-corrected chi connectivity index (χ1v) is 4.47. The monoisotopic (exact) mass is 139 g/mol. The van der Waals surface area contributed by atoms with Crippen LogP contribution >= 0.6 is 0 Å². The lowest BCUT2D eigenvalue weighted by molar-refractivity contribution is 0.183. The molecular weight excluding hydrogens is 122 g/mol. The van der Waals surface area contributed by atoms with Gasteiger partial charge in [-0.15, -0.1) is 0 Å². The molecule has 3 atom stereocenters. The van der Waals surface area contributed by atoms with E-state index in [4.69, 9.17) is 0 Å². The first kappa shape index (κ1) is 6.66. The van der Waals surface area contributed by atoms with Gasteiger partial charge in [0, 0.05) is 18.1 Å². The van der Waals surface area contributed by atoms with Gasteiger partial charge in [0.05, 0.1) is 0 Å². The molecule has 2 aliphatic rings. The second-order valence-corrected chi connectivity index (χ2v) is 4.19. The molecule has 1 heterocycles.